The van der Waals surface area contributed by atoms with Crippen molar-refractivity contribution < 1.29 is 0 Å². The molecule has 0 aliphatic heterocycles. The van der Waals surface area contributed by atoms with E-state index in [0.29, 0.717) is 18.5 Å². The predicted octanol–water partition coefficient (Wildman–Crippen LogP) is 1.95. The van der Waals surface area contributed by atoms with E-state index in [-0.39, 0.29) is 6.04 Å². The molecule has 0 amide bonds. The van der Waals surface area contributed by atoms with Crippen molar-refractivity contribution in [2.24, 2.45) is 0 Å². The predicted molar refractivity (Wildman–Crippen MR) is 57.7 cm³/mol. The lowest BCUT2D eigenvalue weighted by atomic mass is 10.1. The zero-order chi connectivity index (χ0) is 11.1. The van der Waals surface area contributed by atoms with Crippen LogP contribution in [-0.2, 0) is 6.54 Å². The van der Waals surface area contributed by atoms with Gasteiger partial charge in [0.15, 0.2) is 0 Å². The summed E-state index contributed by atoms with van der Waals surface area (Å²) < 4.78 is 0. The smallest absolute Gasteiger partial charge is 0.0991 e. The van der Waals surface area contributed by atoms with Gasteiger partial charge in [-0.2, -0.15) is 10.5 Å². The number of nitrogens with zero attached hydrogens (tertiary/aromatic N) is 2. The molecule has 76 valence electrons. The van der Waals surface area contributed by atoms with Gasteiger partial charge in [-0.15, -0.1) is 0 Å². The molecule has 0 heterocycles. The molecule has 0 aromatic heterocycles. The summed E-state index contributed by atoms with van der Waals surface area (Å²) in [5.41, 5.74) is 1.74. The SMILES string of the molecule is CC(CC#N)NCc1cccc(C#N)c1. The zero-order valence-electron chi connectivity index (χ0n) is 8.70. The van der Waals surface area contributed by atoms with Crippen LogP contribution in [0, 0.1) is 22.7 Å². The van der Waals surface area contributed by atoms with E-state index in [0.717, 1.165) is 5.56 Å². The van der Waals surface area contributed by atoms with Crippen molar-refractivity contribution in [3.8, 4) is 12.1 Å². The lowest BCUT2D eigenvalue weighted by Crippen LogP contribution is -2.24. The Morgan fingerprint density at radius 3 is 2.87 bits per heavy atom. The lowest BCUT2D eigenvalue weighted by molar-refractivity contribution is 0.557. The van der Waals surface area contributed by atoms with Crippen LogP contribution in [0.15, 0.2) is 24.3 Å². The molecule has 1 aromatic rings. The monoisotopic (exact) mass is 199 g/mol. The van der Waals surface area contributed by atoms with Crippen LogP contribution < -0.4 is 5.32 Å². The maximum atomic E-state index is 8.71. The summed E-state index contributed by atoms with van der Waals surface area (Å²) in [6.07, 6.45) is 0.498. The molecule has 3 nitrogen and oxygen atoms in total. The van der Waals surface area contributed by atoms with Gasteiger partial charge in [0.1, 0.15) is 0 Å². The molecule has 0 aliphatic carbocycles. The Morgan fingerprint density at radius 2 is 2.20 bits per heavy atom. The van der Waals surface area contributed by atoms with Gasteiger partial charge in [-0.3, -0.25) is 0 Å². The number of nitrogens with one attached hydrogen (secondary N) is 1. The van der Waals surface area contributed by atoms with Crippen LogP contribution in [0.5, 0.6) is 0 Å². The summed E-state index contributed by atoms with van der Waals surface area (Å²) in [4.78, 5) is 0. The molecule has 0 saturated heterocycles. The Hall–Kier alpha value is -1.84. The highest BCUT2D eigenvalue weighted by atomic mass is 14.9. The van der Waals surface area contributed by atoms with Crippen LogP contribution in [0.3, 0.4) is 0 Å². The third-order valence-electron chi connectivity index (χ3n) is 2.11. The molecular weight excluding hydrogens is 186 g/mol. The average Bonchev–Trinajstić information content (AvgIpc) is 2.27. The molecule has 1 unspecified atom stereocenters. The summed E-state index contributed by atoms with van der Waals surface area (Å²) in [5, 5.41) is 20.4. The number of hydrogen-bond donors (Lipinski definition) is 1. The first-order chi connectivity index (χ1) is 7.26. The van der Waals surface area contributed by atoms with Crippen LogP contribution in [0.1, 0.15) is 24.5 Å². The second-order valence-corrected chi connectivity index (χ2v) is 3.46. The first-order valence-electron chi connectivity index (χ1n) is 4.85. The normalized spacial score (nSPS) is 11.4. The van der Waals surface area contributed by atoms with Crippen LogP contribution in [-0.4, -0.2) is 6.04 Å². The van der Waals surface area contributed by atoms with Crippen molar-refractivity contribution in [2.45, 2.75) is 25.9 Å². The Labute approximate surface area is 90.0 Å². The molecule has 0 spiro atoms. The minimum atomic E-state index is 0.181. The number of nitriles is 2. The Balaban J connectivity index is 2.52. The molecule has 1 N–H and O–H groups in total. The second-order valence-electron chi connectivity index (χ2n) is 3.46. The third kappa shape index (κ3) is 3.81. The second kappa shape index (κ2) is 5.80. The first-order valence-corrected chi connectivity index (χ1v) is 4.85. The van der Waals surface area contributed by atoms with Gasteiger partial charge >= 0.3 is 0 Å². The molecular formula is C12H13N3. The van der Waals surface area contributed by atoms with Gasteiger partial charge in [0.2, 0.25) is 0 Å². The van der Waals surface area contributed by atoms with E-state index in [2.05, 4.69) is 17.5 Å². The molecule has 1 aromatic carbocycles. The van der Waals surface area contributed by atoms with E-state index in [4.69, 9.17) is 10.5 Å². The summed E-state index contributed by atoms with van der Waals surface area (Å²) >= 11 is 0. The molecule has 0 fully saturated rings. The molecule has 1 atom stereocenters. The topological polar surface area (TPSA) is 59.6 Å². The van der Waals surface area contributed by atoms with Gasteiger partial charge in [0.25, 0.3) is 0 Å². The summed E-state index contributed by atoms with van der Waals surface area (Å²) in [6.45, 7) is 2.66. The molecule has 0 bridgehead atoms. The standard InChI is InChI=1S/C12H13N3/c1-10(5-6-13)15-9-12-4-2-3-11(7-12)8-14/h2-4,7,10,15H,5,9H2,1H3. The maximum absolute atomic E-state index is 8.71. The quantitative estimate of drug-likeness (QED) is 0.806. The van der Waals surface area contributed by atoms with Crippen molar-refractivity contribution >= 4 is 0 Å². The van der Waals surface area contributed by atoms with Crippen molar-refractivity contribution in [3.63, 3.8) is 0 Å². The Kier molecular flexibility index (Phi) is 4.34. The summed E-state index contributed by atoms with van der Waals surface area (Å²) in [5.74, 6) is 0. The fourth-order valence-electron chi connectivity index (χ4n) is 1.25. The van der Waals surface area contributed by atoms with Crippen molar-refractivity contribution in [3.05, 3.63) is 35.4 Å². The fraction of sp³-hybridized carbons (Fsp3) is 0.333. The maximum Gasteiger partial charge on any atom is 0.0991 e. The highest BCUT2D eigenvalue weighted by Crippen LogP contribution is 2.04. The van der Waals surface area contributed by atoms with E-state index < -0.39 is 0 Å². The van der Waals surface area contributed by atoms with Crippen molar-refractivity contribution in [1.82, 2.24) is 5.32 Å². The lowest BCUT2D eigenvalue weighted by Gasteiger charge is -2.09. The highest BCUT2D eigenvalue weighted by Gasteiger charge is 2.00. The number of benzene rings is 1. The number of hydrogen-bond acceptors (Lipinski definition) is 3. The van der Waals surface area contributed by atoms with Crippen LogP contribution in [0.4, 0.5) is 0 Å². The molecule has 0 aliphatic rings. The molecule has 1 rings (SSSR count). The fourth-order valence-corrected chi connectivity index (χ4v) is 1.25. The van der Waals surface area contributed by atoms with Crippen molar-refractivity contribution in [1.29, 1.82) is 10.5 Å². The average molecular weight is 199 g/mol. The van der Waals surface area contributed by atoms with Gasteiger partial charge in [-0.25, -0.2) is 0 Å². The van der Waals surface area contributed by atoms with Crippen LogP contribution in [0.2, 0.25) is 0 Å². The molecule has 15 heavy (non-hydrogen) atoms. The first kappa shape index (κ1) is 11.2. The number of rotatable bonds is 4. The van der Waals surface area contributed by atoms with E-state index in [9.17, 15) is 0 Å². The van der Waals surface area contributed by atoms with E-state index in [1.807, 2.05) is 25.1 Å². The molecule has 3 heteroatoms. The zero-order valence-corrected chi connectivity index (χ0v) is 8.70. The van der Waals surface area contributed by atoms with E-state index in [1.165, 1.54) is 0 Å². The minimum Gasteiger partial charge on any atom is -0.309 e. The van der Waals surface area contributed by atoms with Gasteiger partial charge in [0.05, 0.1) is 24.1 Å². The highest BCUT2D eigenvalue weighted by molar-refractivity contribution is 5.32. The van der Waals surface area contributed by atoms with E-state index >= 15 is 0 Å². The molecule has 0 saturated carbocycles. The van der Waals surface area contributed by atoms with Gasteiger partial charge < -0.3 is 5.32 Å². The minimum absolute atomic E-state index is 0.181. The van der Waals surface area contributed by atoms with Crippen molar-refractivity contribution in [2.75, 3.05) is 0 Å². The largest absolute Gasteiger partial charge is 0.309 e. The van der Waals surface area contributed by atoms with Gasteiger partial charge in [-0.05, 0) is 24.6 Å². The van der Waals surface area contributed by atoms with Gasteiger partial charge in [0, 0.05) is 12.6 Å². The summed E-state index contributed by atoms with van der Waals surface area (Å²) in [7, 11) is 0. The Morgan fingerprint density at radius 1 is 1.40 bits per heavy atom. The van der Waals surface area contributed by atoms with Crippen LogP contribution in [0.25, 0.3) is 0 Å². The van der Waals surface area contributed by atoms with Gasteiger partial charge in [-0.1, -0.05) is 12.1 Å². The third-order valence-corrected chi connectivity index (χ3v) is 2.11. The van der Waals surface area contributed by atoms with E-state index in [1.54, 1.807) is 6.07 Å². The van der Waals surface area contributed by atoms with Crippen LogP contribution >= 0.6 is 0 Å². The Bertz CT molecular complexity index is 398. The summed E-state index contributed by atoms with van der Waals surface area (Å²) in [6, 6.07) is 11.9. The molecule has 0 radical (unpaired) electrons.